The number of H-pyrrole nitrogens is 1. The molecule has 3 nitrogen and oxygen atoms in total. The van der Waals surface area contributed by atoms with Crippen LogP contribution in [0.3, 0.4) is 0 Å². The number of para-hydroxylation sites is 1. The van der Waals surface area contributed by atoms with Gasteiger partial charge in [-0.25, -0.2) is 0 Å². The zero-order valence-electron chi connectivity index (χ0n) is 12.6. The van der Waals surface area contributed by atoms with Crippen molar-refractivity contribution in [3.05, 3.63) is 64.8 Å². The van der Waals surface area contributed by atoms with Crippen LogP contribution in [0.2, 0.25) is 5.02 Å². The predicted octanol–water partition coefficient (Wildman–Crippen LogP) is 4.34. The van der Waals surface area contributed by atoms with Gasteiger partial charge >= 0.3 is 0 Å². The number of fused-ring (bicyclic) bond motifs is 1. The summed E-state index contributed by atoms with van der Waals surface area (Å²) in [4.78, 5) is 17.6. The highest BCUT2D eigenvalue weighted by molar-refractivity contribution is 6.31. The smallest absolute Gasteiger partial charge is 0.231 e. The van der Waals surface area contributed by atoms with Gasteiger partial charge < -0.3 is 9.88 Å². The second-order valence-electron chi connectivity index (χ2n) is 5.38. The van der Waals surface area contributed by atoms with E-state index in [9.17, 15) is 4.79 Å². The molecule has 0 aliphatic heterocycles. The lowest BCUT2D eigenvalue weighted by atomic mass is 10.1. The van der Waals surface area contributed by atoms with Gasteiger partial charge in [0.25, 0.3) is 0 Å². The monoisotopic (exact) mass is 312 g/mol. The van der Waals surface area contributed by atoms with Gasteiger partial charge in [0.2, 0.25) is 5.91 Å². The van der Waals surface area contributed by atoms with Gasteiger partial charge in [-0.1, -0.05) is 29.8 Å². The maximum absolute atomic E-state index is 12.6. The van der Waals surface area contributed by atoms with Gasteiger partial charge in [-0.2, -0.15) is 0 Å². The molecule has 0 aliphatic rings. The highest BCUT2D eigenvalue weighted by atomic mass is 35.5. The van der Waals surface area contributed by atoms with Gasteiger partial charge in [0.15, 0.2) is 0 Å². The Balaban J connectivity index is 1.91. The number of aromatic nitrogens is 1. The summed E-state index contributed by atoms with van der Waals surface area (Å²) in [6.45, 7) is 1.99. The Morgan fingerprint density at radius 2 is 1.91 bits per heavy atom. The summed E-state index contributed by atoms with van der Waals surface area (Å²) in [6.07, 6.45) is 0.345. The molecule has 0 atom stereocenters. The first-order valence-electron chi connectivity index (χ1n) is 7.14. The Bertz CT molecular complexity index is 824. The largest absolute Gasteiger partial charge is 0.358 e. The summed E-state index contributed by atoms with van der Waals surface area (Å²) in [5.41, 5.74) is 3.91. The van der Waals surface area contributed by atoms with Crippen LogP contribution in [0, 0.1) is 6.92 Å². The molecule has 2 aromatic carbocycles. The van der Waals surface area contributed by atoms with E-state index in [2.05, 4.69) is 4.98 Å². The van der Waals surface area contributed by atoms with E-state index in [4.69, 9.17) is 11.6 Å². The second kappa shape index (κ2) is 5.85. The third kappa shape index (κ3) is 2.72. The van der Waals surface area contributed by atoms with Crippen molar-refractivity contribution in [1.82, 2.24) is 4.98 Å². The molecule has 0 saturated carbocycles. The van der Waals surface area contributed by atoms with Gasteiger partial charge in [-0.15, -0.1) is 0 Å². The molecule has 0 saturated heterocycles. The van der Waals surface area contributed by atoms with Crippen LogP contribution in [-0.2, 0) is 11.2 Å². The minimum Gasteiger partial charge on any atom is -0.358 e. The lowest BCUT2D eigenvalue weighted by Crippen LogP contribution is -2.27. The zero-order valence-corrected chi connectivity index (χ0v) is 13.3. The first kappa shape index (κ1) is 14.7. The lowest BCUT2D eigenvalue weighted by Gasteiger charge is -2.17. The van der Waals surface area contributed by atoms with Crippen LogP contribution < -0.4 is 4.90 Å². The normalized spacial score (nSPS) is 10.9. The SMILES string of the molecule is Cc1[nH]c2ccc(Cl)cc2c1CC(=O)N(C)c1ccccc1. The number of aromatic amines is 1. The molecule has 3 rings (SSSR count). The average molecular weight is 313 g/mol. The number of nitrogens with zero attached hydrogens (tertiary/aromatic N) is 1. The molecular formula is C18H17ClN2O. The molecule has 0 fully saturated rings. The minimum absolute atomic E-state index is 0.0511. The van der Waals surface area contributed by atoms with E-state index >= 15 is 0 Å². The Hall–Kier alpha value is -2.26. The number of halogens is 1. The Morgan fingerprint density at radius 1 is 1.18 bits per heavy atom. The molecule has 1 N–H and O–H groups in total. The molecular weight excluding hydrogens is 296 g/mol. The Morgan fingerprint density at radius 3 is 2.64 bits per heavy atom. The van der Waals surface area contributed by atoms with E-state index in [1.54, 1.807) is 11.9 Å². The Kier molecular flexibility index (Phi) is 3.90. The van der Waals surface area contributed by atoms with E-state index in [-0.39, 0.29) is 5.91 Å². The quantitative estimate of drug-likeness (QED) is 0.767. The summed E-state index contributed by atoms with van der Waals surface area (Å²) >= 11 is 6.09. The third-order valence-electron chi connectivity index (χ3n) is 3.93. The van der Waals surface area contributed by atoms with Crippen molar-refractivity contribution in [3.63, 3.8) is 0 Å². The number of benzene rings is 2. The molecule has 1 aromatic heterocycles. The highest BCUT2D eigenvalue weighted by Crippen LogP contribution is 2.26. The summed E-state index contributed by atoms with van der Waals surface area (Å²) in [6, 6.07) is 15.3. The topological polar surface area (TPSA) is 36.1 Å². The minimum atomic E-state index is 0.0511. The summed E-state index contributed by atoms with van der Waals surface area (Å²) < 4.78 is 0. The van der Waals surface area contributed by atoms with Crippen LogP contribution in [0.1, 0.15) is 11.3 Å². The van der Waals surface area contributed by atoms with Crippen molar-refractivity contribution in [2.75, 3.05) is 11.9 Å². The maximum atomic E-state index is 12.6. The molecule has 4 heteroatoms. The molecule has 22 heavy (non-hydrogen) atoms. The number of carbonyl (C=O) groups is 1. The molecule has 1 heterocycles. The maximum Gasteiger partial charge on any atom is 0.231 e. The fraction of sp³-hybridized carbons (Fsp3) is 0.167. The highest BCUT2D eigenvalue weighted by Gasteiger charge is 2.16. The first-order valence-corrected chi connectivity index (χ1v) is 7.52. The van der Waals surface area contributed by atoms with E-state index in [0.29, 0.717) is 11.4 Å². The number of amides is 1. The van der Waals surface area contributed by atoms with Crippen molar-refractivity contribution in [2.45, 2.75) is 13.3 Å². The molecule has 1 amide bonds. The third-order valence-corrected chi connectivity index (χ3v) is 4.16. The fourth-order valence-corrected chi connectivity index (χ4v) is 2.82. The van der Waals surface area contributed by atoms with Crippen LogP contribution in [0.4, 0.5) is 5.69 Å². The number of hydrogen-bond donors (Lipinski definition) is 1. The van der Waals surface area contributed by atoms with Crippen molar-refractivity contribution in [3.8, 4) is 0 Å². The summed E-state index contributed by atoms with van der Waals surface area (Å²) in [5, 5.41) is 1.69. The fourth-order valence-electron chi connectivity index (χ4n) is 2.65. The van der Waals surface area contributed by atoms with Crippen LogP contribution in [-0.4, -0.2) is 17.9 Å². The lowest BCUT2D eigenvalue weighted by molar-refractivity contribution is -0.117. The van der Waals surface area contributed by atoms with Crippen molar-refractivity contribution in [1.29, 1.82) is 0 Å². The number of likely N-dealkylation sites (N-methyl/N-ethyl adjacent to an activating group) is 1. The molecule has 0 unspecified atom stereocenters. The van der Waals surface area contributed by atoms with Crippen molar-refractivity contribution < 1.29 is 4.79 Å². The predicted molar refractivity (Wildman–Crippen MR) is 91.6 cm³/mol. The van der Waals surface area contributed by atoms with E-state index in [0.717, 1.165) is 27.8 Å². The second-order valence-corrected chi connectivity index (χ2v) is 5.82. The number of hydrogen-bond acceptors (Lipinski definition) is 1. The van der Waals surface area contributed by atoms with E-state index < -0.39 is 0 Å². The molecule has 112 valence electrons. The van der Waals surface area contributed by atoms with Gasteiger partial charge in [0, 0.05) is 34.4 Å². The summed E-state index contributed by atoms with van der Waals surface area (Å²) in [7, 11) is 1.80. The molecule has 0 spiro atoms. The summed E-state index contributed by atoms with van der Waals surface area (Å²) in [5.74, 6) is 0.0511. The standard InChI is InChI=1S/C18H17ClN2O/c1-12-15(16-10-13(19)8-9-17(16)20-12)11-18(22)21(2)14-6-4-3-5-7-14/h3-10,20H,11H2,1-2H3. The van der Waals surface area contributed by atoms with Gasteiger partial charge in [0.1, 0.15) is 0 Å². The number of rotatable bonds is 3. The molecule has 3 aromatic rings. The molecule has 0 radical (unpaired) electrons. The van der Waals surface area contributed by atoms with Crippen LogP contribution in [0.25, 0.3) is 10.9 Å². The van der Waals surface area contributed by atoms with Crippen molar-refractivity contribution >= 4 is 34.1 Å². The van der Waals surface area contributed by atoms with Crippen LogP contribution in [0.15, 0.2) is 48.5 Å². The average Bonchev–Trinajstić information content (AvgIpc) is 2.83. The first-order chi connectivity index (χ1) is 10.6. The molecule has 0 aliphatic carbocycles. The number of nitrogens with one attached hydrogen (secondary N) is 1. The number of anilines is 1. The van der Waals surface area contributed by atoms with E-state index in [1.165, 1.54) is 0 Å². The Labute approximate surface area is 134 Å². The number of aryl methyl sites for hydroxylation is 1. The van der Waals surface area contributed by atoms with Crippen LogP contribution in [0.5, 0.6) is 0 Å². The number of carbonyl (C=O) groups excluding carboxylic acids is 1. The van der Waals surface area contributed by atoms with Crippen LogP contribution >= 0.6 is 11.6 Å². The zero-order chi connectivity index (χ0) is 15.7. The van der Waals surface area contributed by atoms with E-state index in [1.807, 2.05) is 55.5 Å². The van der Waals surface area contributed by atoms with Crippen molar-refractivity contribution in [2.24, 2.45) is 0 Å². The molecule has 0 bridgehead atoms. The van der Waals surface area contributed by atoms with Gasteiger partial charge in [0.05, 0.1) is 6.42 Å². The van der Waals surface area contributed by atoms with Gasteiger partial charge in [-0.3, -0.25) is 4.79 Å². The van der Waals surface area contributed by atoms with Gasteiger partial charge in [-0.05, 0) is 42.8 Å².